The van der Waals surface area contributed by atoms with Crippen molar-refractivity contribution in [3.63, 3.8) is 0 Å². The van der Waals surface area contributed by atoms with E-state index in [9.17, 15) is 4.79 Å². The minimum Gasteiger partial charge on any atom is -0.342 e. The van der Waals surface area contributed by atoms with Crippen LogP contribution in [0.2, 0.25) is 0 Å². The summed E-state index contributed by atoms with van der Waals surface area (Å²) in [4.78, 5) is 24.5. The van der Waals surface area contributed by atoms with Crippen LogP contribution in [-0.4, -0.2) is 43.6 Å². The van der Waals surface area contributed by atoms with Gasteiger partial charge in [0, 0.05) is 44.5 Å². The van der Waals surface area contributed by atoms with Crippen LogP contribution in [0.4, 0.5) is 11.6 Å². The second-order valence-electron chi connectivity index (χ2n) is 11.5. The summed E-state index contributed by atoms with van der Waals surface area (Å²) in [6.45, 7) is 8.69. The number of benzene rings is 1. The molecule has 1 aliphatic heterocycles. The highest BCUT2D eigenvalue weighted by atomic mass is 16.2. The number of amides is 1. The first kappa shape index (κ1) is 24.5. The number of hydrogen-bond donors (Lipinski definition) is 1. The van der Waals surface area contributed by atoms with Crippen LogP contribution in [0, 0.1) is 11.3 Å². The average Bonchev–Trinajstić information content (AvgIpc) is 3.46. The molecule has 1 aromatic carbocycles. The molecule has 2 aromatic heterocycles. The van der Waals surface area contributed by atoms with Gasteiger partial charge in [0.2, 0.25) is 11.9 Å². The smallest absolute Gasteiger partial charge is 0.227 e. The summed E-state index contributed by atoms with van der Waals surface area (Å²) in [6.07, 6.45) is 11.6. The summed E-state index contributed by atoms with van der Waals surface area (Å²) in [5, 5.41) is 7.42. The van der Waals surface area contributed by atoms with Crippen molar-refractivity contribution in [2.45, 2.75) is 65.2 Å². The minimum absolute atomic E-state index is 0.259. The fourth-order valence-electron chi connectivity index (χ4n) is 5.68. The summed E-state index contributed by atoms with van der Waals surface area (Å²) < 4.78 is 1.74. The minimum atomic E-state index is 0.259. The fraction of sp³-hybridized carbons (Fsp3) is 0.517. The van der Waals surface area contributed by atoms with Gasteiger partial charge in [-0.2, -0.15) is 5.10 Å². The van der Waals surface area contributed by atoms with Crippen molar-refractivity contribution in [1.29, 1.82) is 0 Å². The Balaban J connectivity index is 1.32. The molecule has 2 unspecified atom stereocenters. The largest absolute Gasteiger partial charge is 0.342 e. The van der Waals surface area contributed by atoms with Gasteiger partial charge in [-0.1, -0.05) is 39.3 Å². The molecule has 3 heterocycles. The molecule has 1 saturated heterocycles. The lowest BCUT2D eigenvalue weighted by Gasteiger charge is -2.27. The Bertz CT molecular complexity index is 1230. The molecule has 7 nitrogen and oxygen atoms in total. The molecule has 1 fully saturated rings. The average molecular weight is 487 g/mol. The number of nitrogens with zero attached hydrogens (tertiary/aromatic N) is 5. The van der Waals surface area contributed by atoms with E-state index in [-0.39, 0.29) is 5.41 Å². The maximum Gasteiger partial charge on any atom is 0.227 e. The van der Waals surface area contributed by atoms with Gasteiger partial charge in [0.1, 0.15) is 0 Å². The third-order valence-electron chi connectivity index (χ3n) is 7.93. The molecule has 1 amide bonds. The Labute approximate surface area is 214 Å². The van der Waals surface area contributed by atoms with Gasteiger partial charge in [0.15, 0.2) is 0 Å². The summed E-state index contributed by atoms with van der Waals surface area (Å²) in [5.41, 5.74) is 5.80. The molecular formula is C29H38N6O. The zero-order valence-corrected chi connectivity index (χ0v) is 22.0. The van der Waals surface area contributed by atoms with Crippen LogP contribution in [0.5, 0.6) is 0 Å². The van der Waals surface area contributed by atoms with E-state index in [0.717, 1.165) is 55.7 Å². The van der Waals surface area contributed by atoms with Crippen molar-refractivity contribution in [3.05, 3.63) is 54.0 Å². The predicted molar refractivity (Wildman–Crippen MR) is 143 cm³/mol. The van der Waals surface area contributed by atoms with Gasteiger partial charge in [0.05, 0.1) is 17.6 Å². The van der Waals surface area contributed by atoms with E-state index in [1.807, 2.05) is 19.3 Å². The molecule has 2 atom stereocenters. The van der Waals surface area contributed by atoms with Gasteiger partial charge in [-0.05, 0) is 66.2 Å². The number of aryl methyl sites for hydroxylation is 2. The van der Waals surface area contributed by atoms with E-state index in [2.05, 4.69) is 59.3 Å². The maximum atomic E-state index is 13.3. The quantitative estimate of drug-likeness (QED) is 0.467. The SMILES string of the molecule is Cn1cc(Nc2nccc(-c3ccc4c(c3)CCCCC4CC(=O)N3CCC(C(C)(C)C)C3)n2)cn1. The van der Waals surface area contributed by atoms with E-state index in [1.54, 1.807) is 17.1 Å². The van der Waals surface area contributed by atoms with Crippen molar-refractivity contribution in [2.75, 3.05) is 18.4 Å². The molecule has 0 radical (unpaired) electrons. The Morgan fingerprint density at radius 2 is 2.03 bits per heavy atom. The van der Waals surface area contributed by atoms with Crippen LogP contribution >= 0.6 is 0 Å². The number of carbonyl (C=O) groups excluding carboxylic acids is 1. The third kappa shape index (κ3) is 5.45. The number of anilines is 2. The molecule has 7 heteroatoms. The Hall–Kier alpha value is -3.22. The lowest BCUT2D eigenvalue weighted by molar-refractivity contribution is -0.130. The van der Waals surface area contributed by atoms with Gasteiger partial charge in [-0.3, -0.25) is 9.48 Å². The molecule has 1 N–H and O–H groups in total. The molecule has 2 aliphatic rings. The lowest BCUT2D eigenvalue weighted by Crippen LogP contribution is -2.32. The molecular weight excluding hydrogens is 448 g/mol. The fourth-order valence-corrected chi connectivity index (χ4v) is 5.68. The predicted octanol–water partition coefficient (Wildman–Crippen LogP) is 5.72. The van der Waals surface area contributed by atoms with Crippen LogP contribution in [0.25, 0.3) is 11.3 Å². The summed E-state index contributed by atoms with van der Waals surface area (Å²) in [6, 6.07) is 8.63. The number of likely N-dealkylation sites (tertiary alicyclic amines) is 1. The van der Waals surface area contributed by atoms with Crippen LogP contribution < -0.4 is 5.32 Å². The van der Waals surface area contributed by atoms with Gasteiger partial charge in [-0.25, -0.2) is 9.97 Å². The van der Waals surface area contributed by atoms with Crippen molar-refractivity contribution in [3.8, 4) is 11.3 Å². The van der Waals surface area contributed by atoms with Crippen molar-refractivity contribution in [1.82, 2.24) is 24.6 Å². The van der Waals surface area contributed by atoms with E-state index in [1.165, 1.54) is 17.5 Å². The second kappa shape index (κ2) is 10.0. The molecule has 0 spiro atoms. The normalized spacial score (nSPS) is 20.2. The van der Waals surface area contributed by atoms with Gasteiger partial charge in [0.25, 0.3) is 0 Å². The Morgan fingerprint density at radius 3 is 2.78 bits per heavy atom. The van der Waals surface area contributed by atoms with E-state index in [0.29, 0.717) is 30.1 Å². The molecule has 1 aliphatic carbocycles. The molecule has 0 saturated carbocycles. The van der Waals surface area contributed by atoms with Crippen molar-refractivity contribution < 1.29 is 4.79 Å². The molecule has 5 rings (SSSR count). The van der Waals surface area contributed by atoms with Crippen molar-refractivity contribution in [2.24, 2.45) is 18.4 Å². The number of fused-ring (bicyclic) bond motifs is 1. The first-order valence-corrected chi connectivity index (χ1v) is 13.3. The molecule has 190 valence electrons. The summed E-state index contributed by atoms with van der Waals surface area (Å²) >= 11 is 0. The van der Waals surface area contributed by atoms with Crippen molar-refractivity contribution >= 4 is 17.5 Å². The first-order valence-electron chi connectivity index (χ1n) is 13.3. The number of carbonyl (C=O) groups is 1. The third-order valence-corrected chi connectivity index (χ3v) is 7.93. The first-order chi connectivity index (χ1) is 17.3. The van der Waals surface area contributed by atoms with Crippen LogP contribution in [0.1, 0.15) is 69.9 Å². The highest BCUT2D eigenvalue weighted by Crippen LogP contribution is 2.38. The van der Waals surface area contributed by atoms with E-state index in [4.69, 9.17) is 4.98 Å². The Kier molecular flexibility index (Phi) is 6.82. The summed E-state index contributed by atoms with van der Waals surface area (Å²) in [7, 11) is 1.88. The Morgan fingerprint density at radius 1 is 1.17 bits per heavy atom. The molecule has 36 heavy (non-hydrogen) atoms. The summed E-state index contributed by atoms with van der Waals surface area (Å²) in [5.74, 6) is 1.77. The highest BCUT2D eigenvalue weighted by Gasteiger charge is 2.34. The van der Waals surface area contributed by atoms with Gasteiger partial charge in [-0.15, -0.1) is 0 Å². The lowest BCUT2D eigenvalue weighted by atomic mass is 9.80. The maximum absolute atomic E-state index is 13.3. The highest BCUT2D eigenvalue weighted by molar-refractivity contribution is 5.77. The molecule has 0 bridgehead atoms. The topological polar surface area (TPSA) is 75.9 Å². The zero-order valence-electron chi connectivity index (χ0n) is 22.0. The van der Waals surface area contributed by atoms with Gasteiger partial charge < -0.3 is 10.2 Å². The van der Waals surface area contributed by atoms with E-state index < -0.39 is 0 Å². The zero-order chi connectivity index (χ0) is 25.3. The number of hydrogen-bond acceptors (Lipinski definition) is 5. The standard InChI is InChI=1S/C29H38N6O/c1-29(2,3)23-12-14-35(18-23)27(36)16-21-8-6-5-7-20-15-22(9-10-25(20)21)26-11-13-30-28(33-26)32-24-17-31-34(4)19-24/h9-11,13,15,17,19,21,23H,5-8,12,14,16,18H2,1-4H3,(H,30,32,33). The van der Waals surface area contributed by atoms with Crippen LogP contribution in [0.3, 0.4) is 0 Å². The van der Waals surface area contributed by atoms with Gasteiger partial charge >= 0.3 is 0 Å². The van der Waals surface area contributed by atoms with Crippen LogP contribution in [-0.2, 0) is 18.3 Å². The second-order valence-corrected chi connectivity index (χ2v) is 11.5. The number of rotatable bonds is 5. The number of aromatic nitrogens is 4. The van der Waals surface area contributed by atoms with Crippen LogP contribution in [0.15, 0.2) is 42.9 Å². The monoisotopic (exact) mass is 486 g/mol. The van der Waals surface area contributed by atoms with E-state index >= 15 is 0 Å². The number of nitrogens with one attached hydrogen (secondary N) is 1. The molecule has 3 aromatic rings.